The first-order chi connectivity index (χ1) is 16.2. The lowest BCUT2D eigenvalue weighted by Gasteiger charge is -2.59. The van der Waals surface area contributed by atoms with Gasteiger partial charge in [0.25, 0.3) is 0 Å². The van der Waals surface area contributed by atoms with Crippen LogP contribution >= 0.6 is 0 Å². The molecule has 0 bridgehead atoms. The Bertz CT molecular complexity index is 949. The van der Waals surface area contributed by atoms with Crippen molar-refractivity contribution in [1.29, 1.82) is 0 Å². The van der Waals surface area contributed by atoms with Crippen LogP contribution < -0.4 is 0 Å². The van der Waals surface area contributed by atoms with Crippen molar-refractivity contribution in [1.82, 2.24) is 0 Å². The first-order valence-corrected chi connectivity index (χ1v) is 13.4. The molecule has 35 heavy (non-hydrogen) atoms. The number of aliphatic carboxylic acids is 1. The van der Waals surface area contributed by atoms with Crippen LogP contribution in [0.3, 0.4) is 0 Å². The number of fused-ring (bicyclic) bond motifs is 4. The largest absolute Gasteiger partial charge is 0.481 e. The number of hydrogen-bond donors (Lipinski definition) is 4. The maximum Gasteiger partial charge on any atom is 0.310 e. The molecule has 6 nitrogen and oxygen atoms in total. The predicted molar refractivity (Wildman–Crippen MR) is 133 cm³/mol. The minimum absolute atomic E-state index is 0.0974. The lowest BCUT2D eigenvalue weighted by Crippen LogP contribution is -2.61. The second-order valence-electron chi connectivity index (χ2n) is 12.9. The monoisotopic (exact) mass is 488 g/mol. The van der Waals surface area contributed by atoms with Crippen LogP contribution in [-0.4, -0.2) is 50.0 Å². The van der Waals surface area contributed by atoms with E-state index in [-0.39, 0.29) is 23.0 Å². The van der Waals surface area contributed by atoms with Gasteiger partial charge < -0.3 is 20.4 Å². The highest BCUT2D eigenvalue weighted by molar-refractivity contribution is 5.99. The van der Waals surface area contributed by atoms with Gasteiger partial charge in [0.1, 0.15) is 0 Å². The van der Waals surface area contributed by atoms with Crippen molar-refractivity contribution in [3.63, 3.8) is 0 Å². The SMILES string of the molecule is C=C(CC[C@@H](C)[C@H]1CC[C@H]2C3=C(C(=O)C[C@]12C)[C@@]1(C)CC[C@@H](O)[C@](C)(O)[C@@H]1C[C@@H]3O)[C@@H](C)C(=O)O. The Morgan fingerprint density at radius 2 is 1.80 bits per heavy atom. The number of carboxylic acid groups (broad SMARTS) is 1. The molecule has 196 valence electrons. The molecule has 6 heteroatoms. The zero-order valence-electron chi connectivity index (χ0n) is 22.0. The van der Waals surface area contributed by atoms with Gasteiger partial charge in [0.05, 0.1) is 23.7 Å². The van der Waals surface area contributed by atoms with E-state index in [1.807, 2.05) is 0 Å². The smallest absolute Gasteiger partial charge is 0.310 e. The number of aliphatic hydroxyl groups is 3. The molecular weight excluding hydrogens is 444 g/mol. The van der Waals surface area contributed by atoms with Crippen molar-refractivity contribution in [3.05, 3.63) is 23.3 Å². The first-order valence-electron chi connectivity index (χ1n) is 13.4. The average Bonchev–Trinajstić information content (AvgIpc) is 3.12. The maximum absolute atomic E-state index is 13.9. The number of allylic oxidation sites excluding steroid dienone is 1. The van der Waals surface area contributed by atoms with Crippen LogP contribution in [0.4, 0.5) is 0 Å². The fourth-order valence-corrected chi connectivity index (χ4v) is 8.71. The lowest BCUT2D eigenvalue weighted by atomic mass is 9.47. The van der Waals surface area contributed by atoms with Gasteiger partial charge in [-0.05, 0) is 87.5 Å². The highest BCUT2D eigenvalue weighted by atomic mass is 16.4. The lowest BCUT2D eigenvalue weighted by molar-refractivity contribution is -0.174. The highest BCUT2D eigenvalue weighted by Gasteiger charge is 2.63. The minimum Gasteiger partial charge on any atom is -0.481 e. The van der Waals surface area contributed by atoms with Gasteiger partial charge in [0, 0.05) is 23.3 Å². The van der Waals surface area contributed by atoms with Gasteiger partial charge in [0.2, 0.25) is 0 Å². The molecule has 0 spiro atoms. The molecule has 2 fully saturated rings. The van der Waals surface area contributed by atoms with Crippen LogP contribution in [0.1, 0.15) is 86.0 Å². The number of aliphatic hydroxyl groups excluding tert-OH is 2. The van der Waals surface area contributed by atoms with Crippen LogP contribution in [0.5, 0.6) is 0 Å². The van der Waals surface area contributed by atoms with Crippen molar-refractivity contribution >= 4 is 11.8 Å². The maximum atomic E-state index is 13.9. The number of Topliss-reactive ketones (excluding diaryl/α,β-unsaturated/α-hetero) is 1. The summed E-state index contributed by atoms with van der Waals surface area (Å²) in [5, 5.41) is 42.4. The van der Waals surface area contributed by atoms with E-state index >= 15 is 0 Å². The van der Waals surface area contributed by atoms with E-state index in [4.69, 9.17) is 0 Å². The summed E-state index contributed by atoms with van der Waals surface area (Å²) in [4.78, 5) is 25.2. The summed E-state index contributed by atoms with van der Waals surface area (Å²) in [6.45, 7) is 13.8. The summed E-state index contributed by atoms with van der Waals surface area (Å²) in [7, 11) is 0. The normalized spacial score (nSPS) is 44.8. The number of carbonyl (C=O) groups is 2. The third-order valence-electron chi connectivity index (χ3n) is 11.0. The zero-order valence-corrected chi connectivity index (χ0v) is 22.0. The Balaban J connectivity index is 1.62. The Labute approximate surface area is 209 Å². The van der Waals surface area contributed by atoms with Crippen LogP contribution in [0, 0.1) is 40.4 Å². The third-order valence-corrected chi connectivity index (χ3v) is 11.0. The molecule has 4 aliphatic carbocycles. The molecule has 0 unspecified atom stereocenters. The molecule has 0 aromatic carbocycles. The molecule has 4 rings (SSSR count). The van der Waals surface area contributed by atoms with E-state index in [1.165, 1.54) is 0 Å². The molecule has 4 N–H and O–H groups in total. The second-order valence-corrected chi connectivity index (χ2v) is 12.9. The van der Waals surface area contributed by atoms with E-state index in [0.29, 0.717) is 43.9 Å². The zero-order chi connectivity index (χ0) is 26.1. The topological polar surface area (TPSA) is 115 Å². The number of carboxylic acids is 1. The van der Waals surface area contributed by atoms with Gasteiger partial charge in [-0.25, -0.2) is 0 Å². The van der Waals surface area contributed by atoms with Crippen molar-refractivity contribution < 1.29 is 30.0 Å². The van der Waals surface area contributed by atoms with Gasteiger partial charge in [-0.3, -0.25) is 9.59 Å². The van der Waals surface area contributed by atoms with E-state index in [1.54, 1.807) is 13.8 Å². The molecule has 0 heterocycles. The molecule has 0 aromatic heterocycles. The molecule has 0 saturated heterocycles. The summed E-state index contributed by atoms with van der Waals surface area (Å²) >= 11 is 0. The van der Waals surface area contributed by atoms with Crippen LogP contribution in [-0.2, 0) is 9.59 Å². The van der Waals surface area contributed by atoms with E-state index in [2.05, 4.69) is 27.4 Å². The number of rotatable bonds is 6. The quantitative estimate of drug-likeness (QED) is 0.415. The molecule has 0 amide bonds. The Morgan fingerprint density at radius 1 is 1.14 bits per heavy atom. The van der Waals surface area contributed by atoms with Crippen molar-refractivity contribution in [2.24, 2.45) is 40.4 Å². The average molecular weight is 489 g/mol. The third kappa shape index (κ3) is 3.95. The fourth-order valence-electron chi connectivity index (χ4n) is 8.71. The summed E-state index contributed by atoms with van der Waals surface area (Å²) < 4.78 is 0. The van der Waals surface area contributed by atoms with Crippen molar-refractivity contribution in [2.45, 2.75) is 104 Å². The predicted octanol–water partition coefficient (Wildman–Crippen LogP) is 4.27. The number of carbonyl (C=O) groups excluding carboxylic acids is 1. The summed E-state index contributed by atoms with van der Waals surface area (Å²) in [6.07, 6.45) is 3.68. The van der Waals surface area contributed by atoms with Gasteiger partial charge in [-0.2, -0.15) is 0 Å². The minimum atomic E-state index is -1.34. The van der Waals surface area contributed by atoms with Crippen LogP contribution in [0.2, 0.25) is 0 Å². The molecular formula is C29H44O6. The molecule has 0 radical (unpaired) electrons. The van der Waals surface area contributed by atoms with Crippen molar-refractivity contribution in [3.8, 4) is 0 Å². The molecule has 10 atom stereocenters. The van der Waals surface area contributed by atoms with Gasteiger partial charge in [-0.1, -0.05) is 32.9 Å². The summed E-state index contributed by atoms with van der Waals surface area (Å²) in [6, 6.07) is 0. The van der Waals surface area contributed by atoms with Gasteiger partial charge in [0.15, 0.2) is 5.78 Å². The first kappa shape index (κ1) is 26.6. The molecule has 4 aliphatic rings. The molecule has 0 aliphatic heterocycles. The number of ketones is 1. The van der Waals surface area contributed by atoms with Gasteiger partial charge >= 0.3 is 5.97 Å². The van der Waals surface area contributed by atoms with Crippen LogP contribution in [0.15, 0.2) is 23.3 Å². The fraction of sp³-hybridized carbons (Fsp3) is 0.793. The highest BCUT2D eigenvalue weighted by Crippen LogP contribution is 2.66. The molecule has 2 saturated carbocycles. The van der Waals surface area contributed by atoms with E-state index in [0.717, 1.165) is 36.0 Å². The Kier molecular flexibility index (Phi) is 6.69. The van der Waals surface area contributed by atoms with Crippen LogP contribution in [0.25, 0.3) is 0 Å². The van der Waals surface area contributed by atoms with E-state index < -0.39 is 35.1 Å². The second kappa shape index (κ2) is 8.81. The standard InChI is InChI=1S/C29H44O6/c1-15(17(3)26(33)34)7-8-16(2)18-9-10-19-24-20(30)13-22-27(4,12-11-23(32)29(22,6)35)25(24)21(31)14-28(18,19)5/h16-20,22-23,30,32,35H,1,7-14H2,2-6H3,(H,33,34)/t16-,17-,18-,19+,20+,22-,23-,27+,28-,29-/m1/s1. The number of hydrogen-bond acceptors (Lipinski definition) is 5. The summed E-state index contributed by atoms with van der Waals surface area (Å²) in [5.74, 6) is -0.914. The van der Waals surface area contributed by atoms with Gasteiger partial charge in [-0.15, -0.1) is 0 Å². The molecule has 0 aromatic rings. The van der Waals surface area contributed by atoms with E-state index in [9.17, 15) is 30.0 Å². The summed E-state index contributed by atoms with van der Waals surface area (Å²) in [5.41, 5.74) is 0.277. The Morgan fingerprint density at radius 3 is 2.43 bits per heavy atom. The Hall–Kier alpha value is -1.50. The van der Waals surface area contributed by atoms with Crippen molar-refractivity contribution in [2.75, 3.05) is 0 Å².